The third-order valence-corrected chi connectivity index (χ3v) is 9.09. The third kappa shape index (κ3) is 8.09. The van der Waals surface area contributed by atoms with Crippen molar-refractivity contribution in [2.24, 2.45) is 10.2 Å². The van der Waals surface area contributed by atoms with Crippen molar-refractivity contribution in [2.75, 3.05) is 27.2 Å². The number of hydrogen-bond donors (Lipinski definition) is 7. The normalized spacial score (nSPS) is 16.0. The molecule has 15 nitrogen and oxygen atoms in total. The molecule has 0 fully saturated rings. The molecule has 0 amide bonds. The minimum atomic E-state index is -5.01. The highest BCUT2D eigenvalue weighted by molar-refractivity contribution is 7.91. The van der Waals surface area contributed by atoms with Crippen LogP contribution in [0.15, 0.2) is 135 Å². The molecule has 0 saturated heterocycles. The van der Waals surface area contributed by atoms with Gasteiger partial charge in [0.1, 0.15) is 10.6 Å². The standard InChI is InChI=1S/C34H27N7O8S2/c35-28-19-27(50(44,45)46)16-20-17-31(51(47,48)49)33(34(43)32(20)28)41-39-25-12-8-23(9-13-25)36-22-6-10-24(11-7-22)38-40-29-15-14-26(18-30(29)42)37-21-4-2-1-3-5-21/h1-19,36-39H,35H2,(H,44,45,46)(H,47,48,49)/b40-29-,41-33+. The Kier molecular flexibility index (Phi) is 9.35. The van der Waals surface area contributed by atoms with E-state index in [2.05, 4.69) is 31.7 Å². The van der Waals surface area contributed by atoms with E-state index in [1.54, 1.807) is 60.7 Å². The largest absolute Gasteiger partial charge is 0.398 e. The van der Waals surface area contributed by atoms with E-state index < -0.39 is 41.5 Å². The van der Waals surface area contributed by atoms with Gasteiger partial charge in [0, 0.05) is 34.5 Å². The molecule has 17 heteroatoms. The highest BCUT2D eigenvalue weighted by atomic mass is 32.2. The van der Waals surface area contributed by atoms with Crippen molar-refractivity contribution in [3.63, 3.8) is 0 Å². The van der Waals surface area contributed by atoms with E-state index >= 15 is 0 Å². The van der Waals surface area contributed by atoms with Crippen molar-refractivity contribution in [3.8, 4) is 0 Å². The first kappa shape index (κ1) is 34.5. The Morgan fingerprint density at radius 3 is 1.76 bits per heavy atom. The summed E-state index contributed by atoms with van der Waals surface area (Å²) in [7, 11) is -9.75. The molecule has 8 N–H and O–H groups in total. The number of carbonyl (C=O) groups is 2. The Bertz CT molecular complexity index is 2440. The zero-order valence-corrected chi connectivity index (χ0v) is 27.7. The molecule has 0 heterocycles. The number of para-hydroxylation sites is 1. The molecule has 2 aliphatic rings. The Hall–Kier alpha value is -6.40. The van der Waals surface area contributed by atoms with Crippen LogP contribution in [0.5, 0.6) is 0 Å². The molecule has 4 aromatic carbocycles. The lowest BCUT2D eigenvalue weighted by Gasteiger charge is -2.18. The number of benzene rings is 4. The van der Waals surface area contributed by atoms with Crippen molar-refractivity contribution < 1.29 is 35.5 Å². The van der Waals surface area contributed by atoms with Gasteiger partial charge in [-0.05, 0) is 96.6 Å². The molecule has 0 aromatic heterocycles. The zero-order valence-electron chi connectivity index (χ0n) is 26.1. The Balaban J connectivity index is 1.09. The topological polar surface area (TPSA) is 242 Å². The van der Waals surface area contributed by atoms with E-state index in [-0.39, 0.29) is 28.3 Å². The summed E-state index contributed by atoms with van der Waals surface area (Å²) in [6.45, 7) is 0. The van der Waals surface area contributed by atoms with Crippen LogP contribution in [0.4, 0.5) is 34.1 Å². The fraction of sp³-hybridized carbons (Fsp3) is 0. The van der Waals surface area contributed by atoms with Crippen LogP contribution in [0, 0.1) is 0 Å². The number of fused-ring (bicyclic) bond motifs is 1. The molecule has 258 valence electrons. The van der Waals surface area contributed by atoms with Gasteiger partial charge in [0.25, 0.3) is 20.2 Å². The predicted octanol–water partition coefficient (Wildman–Crippen LogP) is 5.06. The van der Waals surface area contributed by atoms with Gasteiger partial charge in [-0.2, -0.15) is 27.0 Å². The van der Waals surface area contributed by atoms with Crippen molar-refractivity contribution in [1.29, 1.82) is 0 Å². The molecule has 0 spiro atoms. The zero-order chi connectivity index (χ0) is 36.3. The summed E-state index contributed by atoms with van der Waals surface area (Å²) in [5.41, 5.74) is 13.9. The Morgan fingerprint density at radius 1 is 0.627 bits per heavy atom. The second kappa shape index (κ2) is 13.8. The van der Waals surface area contributed by atoms with Crippen LogP contribution < -0.4 is 27.2 Å². The van der Waals surface area contributed by atoms with Gasteiger partial charge in [0.15, 0.2) is 5.71 Å². The van der Waals surface area contributed by atoms with E-state index in [9.17, 15) is 35.5 Å². The van der Waals surface area contributed by atoms with Crippen LogP contribution in [0.3, 0.4) is 0 Å². The van der Waals surface area contributed by atoms with Crippen molar-refractivity contribution >= 4 is 83.4 Å². The maximum Gasteiger partial charge on any atom is 0.296 e. The number of nitrogen functional groups attached to an aromatic ring is 1. The first-order valence-corrected chi connectivity index (χ1v) is 17.7. The molecule has 0 aliphatic heterocycles. The predicted molar refractivity (Wildman–Crippen MR) is 195 cm³/mol. The molecule has 0 atom stereocenters. The average molecular weight is 726 g/mol. The van der Waals surface area contributed by atoms with E-state index in [1.807, 2.05) is 30.3 Å². The quantitative estimate of drug-likeness (QED) is 0.0490. The number of nitrogens with one attached hydrogen (secondary N) is 4. The van der Waals surface area contributed by atoms with Gasteiger partial charge in [-0.25, -0.2) is 0 Å². The fourth-order valence-corrected chi connectivity index (χ4v) is 6.18. The van der Waals surface area contributed by atoms with E-state index in [0.717, 1.165) is 29.6 Å². The smallest absolute Gasteiger partial charge is 0.296 e. The molecule has 51 heavy (non-hydrogen) atoms. The van der Waals surface area contributed by atoms with Crippen LogP contribution in [0.2, 0.25) is 0 Å². The highest BCUT2D eigenvalue weighted by Crippen LogP contribution is 2.32. The summed E-state index contributed by atoms with van der Waals surface area (Å²) < 4.78 is 66.6. The van der Waals surface area contributed by atoms with Crippen molar-refractivity contribution in [3.05, 3.63) is 131 Å². The average Bonchev–Trinajstić information content (AvgIpc) is 3.08. The number of nitrogens with two attached hydrogens (primary N) is 1. The van der Waals surface area contributed by atoms with Gasteiger partial charge in [0.05, 0.1) is 21.8 Å². The number of anilines is 6. The number of allylic oxidation sites excluding steroid dienone is 4. The lowest BCUT2D eigenvalue weighted by atomic mass is 9.93. The summed E-state index contributed by atoms with van der Waals surface area (Å²) in [5, 5.41) is 14.5. The third-order valence-electron chi connectivity index (χ3n) is 7.39. The Labute approximate surface area is 291 Å². The van der Waals surface area contributed by atoms with Gasteiger partial charge < -0.3 is 16.4 Å². The molecule has 6 rings (SSSR count). The number of hydrogen-bond acceptors (Lipinski definition) is 13. The molecular weight excluding hydrogens is 699 g/mol. The monoisotopic (exact) mass is 725 g/mol. The van der Waals surface area contributed by atoms with Crippen molar-refractivity contribution in [2.45, 2.75) is 4.90 Å². The number of carbonyl (C=O) groups excluding carboxylic acids is 2. The summed E-state index contributed by atoms with van der Waals surface area (Å²) >= 11 is 0. The van der Waals surface area contributed by atoms with Crippen LogP contribution in [0.1, 0.15) is 15.9 Å². The van der Waals surface area contributed by atoms with Gasteiger partial charge in [-0.3, -0.25) is 29.5 Å². The fourth-order valence-electron chi connectivity index (χ4n) is 4.97. The lowest BCUT2D eigenvalue weighted by Crippen LogP contribution is -2.28. The number of nitrogens with zero attached hydrogens (tertiary/aromatic N) is 2. The van der Waals surface area contributed by atoms with Crippen molar-refractivity contribution in [1.82, 2.24) is 0 Å². The summed E-state index contributed by atoms with van der Waals surface area (Å²) in [6, 6.07) is 24.9. The molecule has 0 unspecified atom stereocenters. The van der Waals surface area contributed by atoms with Gasteiger partial charge in [-0.1, -0.05) is 18.2 Å². The van der Waals surface area contributed by atoms with Crippen LogP contribution in [-0.4, -0.2) is 48.9 Å². The second-order valence-electron chi connectivity index (χ2n) is 11.0. The number of hydrazone groups is 2. The summed E-state index contributed by atoms with van der Waals surface area (Å²) in [5.74, 6) is -1.25. The van der Waals surface area contributed by atoms with E-state index in [4.69, 9.17) is 5.73 Å². The first-order chi connectivity index (χ1) is 24.2. The number of Topliss-reactive ketones (excluding diaryl/α,β-unsaturated/α-hetero) is 1. The molecule has 2 aliphatic carbocycles. The molecule has 0 radical (unpaired) electrons. The first-order valence-electron chi connectivity index (χ1n) is 14.8. The molecule has 0 saturated carbocycles. The van der Waals surface area contributed by atoms with Crippen LogP contribution in [0.25, 0.3) is 6.08 Å². The highest BCUT2D eigenvalue weighted by Gasteiger charge is 2.35. The minimum Gasteiger partial charge on any atom is -0.398 e. The summed E-state index contributed by atoms with van der Waals surface area (Å²) in [4.78, 5) is 24.2. The molecular formula is C34H27N7O8S2. The minimum absolute atomic E-state index is 0.244. The maximum absolute atomic E-state index is 13.2. The molecule has 0 bridgehead atoms. The number of ketones is 2. The summed E-state index contributed by atoms with van der Waals surface area (Å²) in [6.07, 6.45) is 5.69. The molecule has 4 aromatic rings. The lowest BCUT2D eigenvalue weighted by molar-refractivity contribution is -0.108. The van der Waals surface area contributed by atoms with Gasteiger partial charge in [0.2, 0.25) is 11.6 Å². The van der Waals surface area contributed by atoms with Gasteiger partial charge >= 0.3 is 0 Å². The SMILES string of the molecule is Nc1cc(S(=O)(=O)O)cc2c1C(=O)/C(=N/Nc1ccc(Nc3ccc(N/N=C4/C=CC(Nc5ccccc5)=CC4=O)cc3)cc1)C(S(=O)(=O)O)=C2. The second-order valence-corrected chi connectivity index (χ2v) is 13.8. The van der Waals surface area contributed by atoms with Crippen LogP contribution >= 0.6 is 0 Å². The maximum atomic E-state index is 13.2. The van der Waals surface area contributed by atoms with Gasteiger partial charge in [-0.15, -0.1) is 0 Å². The van der Waals surface area contributed by atoms with E-state index in [1.165, 1.54) is 6.08 Å². The number of rotatable bonds is 10. The Morgan fingerprint density at radius 2 is 1.20 bits per heavy atom. The van der Waals surface area contributed by atoms with Crippen LogP contribution in [-0.2, 0) is 25.0 Å². The van der Waals surface area contributed by atoms with E-state index in [0.29, 0.717) is 22.8 Å².